The summed E-state index contributed by atoms with van der Waals surface area (Å²) in [6, 6.07) is 1.24. The number of hydrogen-bond acceptors (Lipinski definition) is 11. The van der Waals surface area contributed by atoms with Gasteiger partial charge >= 0.3 is 13.5 Å². The summed E-state index contributed by atoms with van der Waals surface area (Å²) < 4.78 is 37.5. The minimum Gasteiger partial charge on any atom is -0.352 e. The van der Waals surface area contributed by atoms with Crippen molar-refractivity contribution in [2.75, 3.05) is 31.3 Å². The van der Waals surface area contributed by atoms with Crippen LogP contribution >= 0.6 is 31.3 Å². The van der Waals surface area contributed by atoms with E-state index >= 15 is 0 Å². The van der Waals surface area contributed by atoms with Crippen LogP contribution < -0.4 is 11.2 Å². The van der Waals surface area contributed by atoms with Gasteiger partial charge in [0.25, 0.3) is 5.56 Å². The molecule has 14 heteroatoms. The van der Waals surface area contributed by atoms with Crippen LogP contribution in [0.1, 0.15) is 68.0 Å². The topological polar surface area (TPSA) is 143 Å². The second-order valence-corrected chi connectivity index (χ2v) is 15.8. The molecule has 2 heterocycles. The minimum atomic E-state index is -4.07. The smallest absolute Gasteiger partial charge is 0.352 e. The molecule has 0 amide bonds. The Morgan fingerprint density at radius 1 is 1.03 bits per heavy atom. The highest BCUT2D eigenvalue weighted by atomic mass is 32.2. The average molecular weight is 609 g/mol. The number of carbonyl (C=O) groups excluding carboxylic acids is 2. The number of phosphoric ester groups is 1. The summed E-state index contributed by atoms with van der Waals surface area (Å²) in [5.74, 6) is 0.516. The van der Waals surface area contributed by atoms with Crippen molar-refractivity contribution >= 4 is 41.6 Å². The van der Waals surface area contributed by atoms with Gasteiger partial charge in [-0.3, -0.25) is 37.5 Å². The second-order valence-electron chi connectivity index (χ2n) is 12.0. The number of aromatic nitrogens is 2. The van der Waals surface area contributed by atoms with E-state index < -0.39 is 47.6 Å². The number of rotatable bonds is 12. The fourth-order valence-corrected chi connectivity index (χ4v) is 6.56. The van der Waals surface area contributed by atoms with E-state index in [0.717, 1.165) is 23.5 Å². The average Bonchev–Trinajstić information content (AvgIpc) is 3.11. The Labute approximate surface area is 238 Å². The molecular formula is C25H41N2O9PS2. The van der Waals surface area contributed by atoms with E-state index in [1.807, 2.05) is 55.4 Å². The van der Waals surface area contributed by atoms with Crippen molar-refractivity contribution in [3.05, 3.63) is 33.1 Å². The molecule has 0 aromatic carbocycles. The maximum atomic E-state index is 13.5. The van der Waals surface area contributed by atoms with E-state index in [1.54, 1.807) is 0 Å². The monoisotopic (exact) mass is 608 g/mol. The van der Waals surface area contributed by atoms with Gasteiger partial charge in [-0.1, -0.05) is 78.9 Å². The first-order valence-corrected chi connectivity index (χ1v) is 16.1. The maximum Gasteiger partial charge on any atom is 0.474 e. The van der Waals surface area contributed by atoms with Gasteiger partial charge in [-0.15, -0.1) is 0 Å². The number of hydrogen-bond donors (Lipinski definition) is 1. The number of nitrogens with one attached hydrogen (secondary N) is 1. The molecule has 0 bridgehead atoms. The number of aromatic amines is 1. The van der Waals surface area contributed by atoms with Crippen molar-refractivity contribution in [1.82, 2.24) is 9.55 Å². The van der Waals surface area contributed by atoms with Gasteiger partial charge in [0.05, 0.1) is 25.9 Å². The maximum absolute atomic E-state index is 13.5. The van der Waals surface area contributed by atoms with Crippen LogP contribution in [0.3, 0.4) is 0 Å². The Kier molecular flexibility index (Phi) is 11.9. The lowest BCUT2D eigenvalue weighted by molar-refractivity contribution is -0.118. The van der Waals surface area contributed by atoms with Crippen LogP contribution in [0, 0.1) is 16.2 Å². The number of ether oxygens (including phenoxy) is 1. The van der Waals surface area contributed by atoms with E-state index in [9.17, 15) is 23.7 Å². The van der Waals surface area contributed by atoms with Gasteiger partial charge in [-0.2, -0.15) is 0 Å². The molecule has 2 atom stereocenters. The van der Waals surface area contributed by atoms with Crippen LogP contribution in [-0.4, -0.2) is 57.2 Å². The fourth-order valence-electron chi connectivity index (χ4n) is 3.54. The third kappa shape index (κ3) is 10.6. The van der Waals surface area contributed by atoms with Gasteiger partial charge in [0, 0.05) is 40.0 Å². The van der Waals surface area contributed by atoms with Gasteiger partial charge in [0.2, 0.25) is 0 Å². The van der Waals surface area contributed by atoms with Crippen molar-refractivity contribution < 1.29 is 32.5 Å². The summed E-state index contributed by atoms with van der Waals surface area (Å²) in [5, 5.41) is -0.0463. The molecule has 1 aliphatic heterocycles. The first kappa shape index (κ1) is 34.0. The van der Waals surface area contributed by atoms with Gasteiger partial charge in [-0.05, 0) is 6.42 Å². The van der Waals surface area contributed by atoms with Crippen LogP contribution in [0.5, 0.6) is 0 Å². The summed E-state index contributed by atoms with van der Waals surface area (Å²) in [4.78, 5) is 50.3. The largest absolute Gasteiger partial charge is 0.474 e. The predicted molar refractivity (Wildman–Crippen MR) is 153 cm³/mol. The lowest BCUT2D eigenvalue weighted by atomic mass is 9.87. The van der Waals surface area contributed by atoms with E-state index in [2.05, 4.69) is 4.98 Å². The van der Waals surface area contributed by atoms with Crippen LogP contribution in [0.25, 0.3) is 0 Å². The van der Waals surface area contributed by atoms with E-state index in [1.165, 1.54) is 16.8 Å². The van der Waals surface area contributed by atoms with Crippen molar-refractivity contribution in [2.24, 2.45) is 16.2 Å². The molecular weight excluding hydrogens is 567 g/mol. The Balaban J connectivity index is 2.03. The summed E-state index contributed by atoms with van der Waals surface area (Å²) in [7, 11) is -4.07. The Morgan fingerprint density at radius 3 is 2.00 bits per heavy atom. The lowest BCUT2D eigenvalue weighted by Gasteiger charge is -2.26. The second kappa shape index (κ2) is 13.6. The number of phosphoric acid groups is 1. The molecule has 1 fully saturated rings. The summed E-state index contributed by atoms with van der Waals surface area (Å²) in [5.41, 5.74) is -2.64. The molecule has 39 heavy (non-hydrogen) atoms. The van der Waals surface area contributed by atoms with Crippen LogP contribution in [0.2, 0.25) is 0 Å². The van der Waals surface area contributed by atoms with Crippen molar-refractivity contribution in [3.63, 3.8) is 0 Å². The van der Waals surface area contributed by atoms with E-state index in [0.29, 0.717) is 6.42 Å². The molecule has 222 valence electrons. The standard InChI is InChI=1S/C25H41N2O9PS2/c1-23(2,3)20(29)38-13-11-33-37(32,34-12-14-39-21(30)24(4,5)6)35-16-17-15-25(7,8)19(36-17)27-10-9-18(28)26-22(27)31/h9-10,17,19H,11-16H2,1-8H3,(H,26,28,31)/t17?,19-/m1/s1. The van der Waals surface area contributed by atoms with Crippen LogP contribution in [0.15, 0.2) is 21.9 Å². The minimum absolute atomic E-state index is 0.0232. The van der Waals surface area contributed by atoms with Crippen LogP contribution in [-0.2, 0) is 32.5 Å². The quantitative estimate of drug-likeness (QED) is 0.262. The highest BCUT2D eigenvalue weighted by Gasteiger charge is 2.44. The molecule has 0 aliphatic carbocycles. The van der Waals surface area contributed by atoms with Gasteiger partial charge in [-0.25, -0.2) is 9.36 Å². The Morgan fingerprint density at radius 2 is 1.54 bits per heavy atom. The first-order chi connectivity index (χ1) is 17.8. The molecule has 1 saturated heterocycles. The summed E-state index contributed by atoms with van der Waals surface area (Å²) in [6.07, 6.45) is 0.616. The molecule has 2 rings (SSSR count). The zero-order valence-corrected chi connectivity index (χ0v) is 26.5. The molecule has 11 nitrogen and oxygen atoms in total. The Hall–Kier alpha value is -1.21. The number of H-pyrrole nitrogens is 1. The molecule has 0 radical (unpaired) electrons. The van der Waals surface area contributed by atoms with E-state index in [-0.39, 0.29) is 41.6 Å². The SMILES string of the molecule is CC(C)(C)C(=O)SCCOP(=O)(OCCSC(=O)C(C)(C)C)OCC1CC(C)(C)[C@H](n2ccc(=O)[nH]c2=O)O1. The normalized spacial score (nSPS) is 19.8. The molecule has 1 N–H and O–H groups in total. The Bertz CT molecular complexity index is 1130. The van der Waals surface area contributed by atoms with Crippen LogP contribution in [0.4, 0.5) is 0 Å². The van der Waals surface area contributed by atoms with Crippen molar-refractivity contribution in [1.29, 1.82) is 0 Å². The van der Waals surface area contributed by atoms with Gasteiger partial charge in [0.1, 0.15) is 6.23 Å². The number of carbonyl (C=O) groups is 2. The molecule has 1 aromatic heterocycles. The highest BCUT2D eigenvalue weighted by Crippen LogP contribution is 2.51. The summed E-state index contributed by atoms with van der Waals surface area (Å²) >= 11 is 2.15. The lowest BCUT2D eigenvalue weighted by Crippen LogP contribution is -2.35. The molecule has 0 saturated carbocycles. The van der Waals surface area contributed by atoms with Gasteiger partial charge < -0.3 is 4.74 Å². The van der Waals surface area contributed by atoms with Crippen molar-refractivity contribution in [2.45, 2.75) is 74.1 Å². The number of nitrogens with zero attached hydrogens (tertiary/aromatic N) is 1. The zero-order chi connectivity index (χ0) is 29.6. The molecule has 1 aromatic rings. The molecule has 1 unspecified atom stereocenters. The third-order valence-electron chi connectivity index (χ3n) is 5.62. The fraction of sp³-hybridized carbons (Fsp3) is 0.760. The van der Waals surface area contributed by atoms with Crippen molar-refractivity contribution in [3.8, 4) is 0 Å². The summed E-state index contributed by atoms with van der Waals surface area (Å²) in [6.45, 7) is 14.5. The zero-order valence-electron chi connectivity index (χ0n) is 23.9. The first-order valence-electron chi connectivity index (χ1n) is 12.7. The molecule has 0 spiro atoms. The van der Waals surface area contributed by atoms with Gasteiger partial charge in [0.15, 0.2) is 10.2 Å². The third-order valence-corrected chi connectivity index (χ3v) is 9.58. The predicted octanol–water partition coefficient (Wildman–Crippen LogP) is 4.62. The van der Waals surface area contributed by atoms with E-state index in [4.69, 9.17) is 18.3 Å². The number of thioether (sulfide) groups is 2. The highest BCUT2D eigenvalue weighted by molar-refractivity contribution is 8.14. The molecule has 1 aliphatic rings.